The van der Waals surface area contributed by atoms with Gasteiger partial charge in [-0.25, -0.2) is 0 Å². The van der Waals surface area contributed by atoms with Crippen LogP contribution < -0.4 is 0 Å². The maximum atomic E-state index is 12.2. The molecule has 0 unspecified atom stereocenters. The highest BCUT2D eigenvalue weighted by Gasteiger charge is 2.18. The van der Waals surface area contributed by atoms with E-state index in [2.05, 4.69) is 12.6 Å². The minimum atomic E-state index is 0.220. The Labute approximate surface area is 121 Å². The Hall–Kier alpha value is -0.960. The van der Waals surface area contributed by atoms with Gasteiger partial charge in [0.2, 0.25) is 5.91 Å². The molecule has 2 nitrogen and oxygen atoms in total. The molecule has 19 heavy (non-hydrogen) atoms. The average Bonchev–Trinajstić information content (AvgIpc) is 2.42. The molecule has 0 bridgehead atoms. The summed E-state index contributed by atoms with van der Waals surface area (Å²) in [4.78, 5) is 15.0. The van der Waals surface area contributed by atoms with Gasteiger partial charge in [0.15, 0.2) is 0 Å². The van der Waals surface area contributed by atoms with E-state index >= 15 is 0 Å². The van der Waals surface area contributed by atoms with Crippen LogP contribution in [0.2, 0.25) is 0 Å². The Kier molecular flexibility index (Phi) is 5.32. The van der Waals surface area contributed by atoms with Crippen molar-refractivity contribution < 1.29 is 4.79 Å². The molecule has 1 aliphatic rings. The van der Waals surface area contributed by atoms with Gasteiger partial charge in [-0.15, -0.1) is 12.6 Å². The third-order valence-electron chi connectivity index (χ3n) is 3.97. The summed E-state index contributed by atoms with van der Waals surface area (Å²) in [6, 6.07) is 7.84. The van der Waals surface area contributed by atoms with Crippen LogP contribution in [0.25, 0.3) is 0 Å². The second-order valence-corrected chi connectivity index (χ2v) is 6.14. The maximum absolute atomic E-state index is 12.2. The molecule has 1 amide bonds. The Bertz CT molecular complexity index is 409. The maximum Gasteiger partial charge on any atom is 0.226 e. The van der Waals surface area contributed by atoms with E-state index in [1.54, 1.807) is 0 Å². The van der Waals surface area contributed by atoms with Gasteiger partial charge in [0, 0.05) is 18.5 Å². The van der Waals surface area contributed by atoms with Crippen molar-refractivity contribution in [3.8, 4) is 0 Å². The minimum Gasteiger partial charge on any atom is -0.345 e. The van der Waals surface area contributed by atoms with Crippen LogP contribution >= 0.6 is 12.6 Å². The summed E-state index contributed by atoms with van der Waals surface area (Å²) >= 11 is 4.26. The van der Waals surface area contributed by atoms with Crippen molar-refractivity contribution in [2.75, 3.05) is 13.6 Å². The van der Waals surface area contributed by atoms with E-state index in [9.17, 15) is 4.79 Å². The van der Waals surface area contributed by atoms with Crippen LogP contribution in [0.4, 0.5) is 0 Å². The van der Waals surface area contributed by atoms with Crippen molar-refractivity contribution in [1.82, 2.24) is 4.90 Å². The van der Waals surface area contributed by atoms with Crippen molar-refractivity contribution in [3.05, 3.63) is 29.8 Å². The zero-order valence-electron chi connectivity index (χ0n) is 11.6. The quantitative estimate of drug-likeness (QED) is 0.834. The molecule has 1 aliphatic carbocycles. The predicted octanol–water partition coefficient (Wildman–Crippen LogP) is 3.56. The van der Waals surface area contributed by atoms with Gasteiger partial charge in [-0.1, -0.05) is 31.4 Å². The van der Waals surface area contributed by atoms with Crippen molar-refractivity contribution in [3.63, 3.8) is 0 Å². The van der Waals surface area contributed by atoms with E-state index in [1.807, 2.05) is 36.2 Å². The molecule has 0 atom stereocenters. The minimum absolute atomic E-state index is 0.220. The molecule has 1 aromatic rings. The van der Waals surface area contributed by atoms with Crippen LogP contribution in [0.15, 0.2) is 29.2 Å². The van der Waals surface area contributed by atoms with E-state index in [4.69, 9.17) is 0 Å². The number of thiol groups is 1. The lowest BCUT2D eigenvalue weighted by Crippen LogP contribution is -2.33. The average molecular weight is 277 g/mol. The van der Waals surface area contributed by atoms with Crippen LogP contribution in [-0.2, 0) is 11.2 Å². The third kappa shape index (κ3) is 4.57. The van der Waals surface area contributed by atoms with Gasteiger partial charge >= 0.3 is 0 Å². The molecule has 3 heteroatoms. The van der Waals surface area contributed by atoms with Crippen LogP contribution in [0.5, 0.6) is 0 Å². The van der Waals surface area contributed by atoms with Gasteiger partial charge in [0.25, 0.3) is 0 Å². The van der Waals surface area contributed by atoms with Crippen LogP contribution in [0.1, 0.15) is 37.7 Å². The number of amides is 1. The van der Waals surface area contributed by atoms with Crippen LogP contribution in [-0.4, -0.2) is 24.4 Å². The highest BCUT2D eigenvalue weighted by molar-refractivity contribution is 7.80. The smallest absolute Gasteiger partial charge is 0.226 e. The largest absolute Gasteiger partial charge is 0.345 e. The first-order valence-corrected chi connectivity index (χ1v) is 7.62. The fourth-order valence-corrected chi connectivity index (χ4v) is 2.93. The number of hydrogen-bond donors (Lipinski definition) is 1. The number of rotatable bonds is 4. The summed E-state index contributed by atoms with van der Waals surface area (Å²) in [6.45, 7) is 0.920. The molecule has 104 valence electrons. The number of benzene rings is 1. The Morgan fingerprint density at radius 3 is 2.47 bits per heavy atom. The van der Waals surface area contributed by atoms with Gasteiger partial charge in [0.05, 0.1) is 6.42 Å². The lowest BCUT2D eigenvalue weighted by molar-refractivity contribution is -0.129. The molecule has 1 saturated carbocycles. The molecular formula is C16H23NOS. The highest BCUT2D eigenvalue weighted by Crippen LogP contribution is 2.24. The first kappa shape index (κ1) is 14.4. The number of carbonyl (C=O) groups excluding carboxylic acids is 1. The van der Waals surface area contributed by atoms with Crippen LogP contribution in [0.3, 0.4) is 0 Å². The molecule has 0 radical (unpaired) electrons. The zero-order valence-corrected chi connectivity index (χ0v) is 12.5. The molecular weight excluding hydrogens is 254 g/mol. The second kappa shape index (κ2) is 6.99. The van der Waals surface area contributed by atoms with Gasteiger partial charge < -0.3 is 4.90 Å². The molecule has 1 fully saturated rings. The van der Waals surface area contributed by atoms with E-state index < -0.39 is 0 Å². The SMILES string of the molecule is CN(CC1CCCCC1)C(=O)Cc1ccc(S)cc1. The Morgan fingerprint density at radius 2 is 1.84 bits per heavy atom. The molecule has 0 N–H and O–H groups in total. The van der Waals surface area contributed by atoms with E-state index in [1.165, 1.54) is 32.1 Å². The summed E-state index contributed by atoms with van der Waals surface area (Å²) < 4.78 is 0. The summed E-state index contributed by atoms with van der Waals surface area (Å²) in [7, 11) is 1.93. The highest BCUT2D eigenvalue weighted by atomic mass is 32.1. The van der Waals surface area contributed by atoms with Gasteiger partial charge in [0.1, 0.15) is 0 Å². The predicted molar refractivity (Wildman–Crippen MR) is 81.6 cm³/mol. The molecule has 0 aliphatic heterocycles. The van der Waals surface area contributed by atoms with Crippen molar-refractivity contribution in [2.24, 2.45) is 5.92 Å². The standard InChI is InChI=1S/C16H23NOS/c1-17(12-14-5-3-2-4-6-14)16(18)11-13-7-9-15(19)10-8-13/h7-10,14,19H,2-6,11-12H2,1H3. The molecule has 1 aromatic carbocycles. The first-order chi connectivity index (χ1) is 9.15. The first-order valence-electron chi connectivity index (χ1n) is 7.17. The Balaban J connectivity index is 1.83. The van der Waals surface area contributed by atoms with Crippen molar-refractivity contribution >= 4 is 18.5 Å². The number of carbonyl (C=O) groups is 1. The monoisotopic (exact) mass is 277 g/mol. The summed E-state index contributed by atoms with van der Waals surface area (Å²) in [6.07, 6.45) is 7.09. The number of hydrogen-bond acceptors (Lipinski definition) is 2. The molecule has 0 heterocycles. The lowest BCUT2D eigenvalue weighted by atomic mass is 9.89. The molecule has 0 spiro atoms. The topological polar surface area (TPSA) is 20.3 Å². The number of nitrogens with zero attached hydrogens (tertiary/aromatic N) is 1. The van der Waals surface area contributed by atoms with Gasteiger partial charge in [-0.3, -0.25) is 4.79 Å². The van der Waals surface area contributed by atoms with E-state index in [0.29, 0.717) is 12.3 Å². The third-order valence-corrected chi connectivity index (χ3v) is 4.27. The molecule has 0 saturated heterocycles. The van der Waals surface area contributed by atoms with E-state index in [0.717, 1.165) is 17.0 Å². The summed E-state index contributed by atoms with van der Waals surface area (Å²) in [5, 5.41) is 0. The zero-order chi connectivity index (χ0) is 13.7. The van der Waals surface area contributed by atoms with Crippen LogP contribution in [0, 0.1) is 5.92 Å². The lowest BCUT2D eigenvalue weighted by Gasteiger charge is -2.27. The van der Waals surface area contributed by atoms with Gasteiger partial charge in [-0.2, -0.15) is 0 Å². The number of likely N-dealkylation sites (N-methyl/N-ethyl adjacent to an activating group) is 1. The molecule has 2 rings (SSSR count). The second-order valence-electron chi connectivity index (χ2n) is 5.62. The Morgan fingerprint density at radius 1 is 1.21 bits per heavy atom. The van der Waals surface area contributed by atoms with Crippen molar-refractivity contribution in [1.29, 1.82) is 0 Å². The summed E-state index contributed by atoms with van der Waals surface area (Å²) in [5.41, 5.74) is 1.07. The van der Waals surface area contributed by atoms with Crippen molar-refractivity contribution in [2.45, 2.75) is 43.4 Å². The molecule has 0 aromatic heterocycles. The fraction of sp³-hybridized carbons (Fsp3) is 0.562. The van der Waals surface area contributed by atoms with E-state index in [-0.39, 0.29) is 5.91 Å². The summed E-state index contributed by atoms with van der Waals surface area (Å²) in [5.74, 6) is 0.931. The van der Waals surface area contributed by atoms with Gasteiger partial charge in [-0.05, 0) is 36.5 Å². The fourth-order valence-electron chi connectivity index (χ4n) is 2.78. The normalized spacial score (nSPS) is 16.3.